The standard InChI is InChI=1S/C7H8N2O4S/c10-5(7(12)13)1-8-6(11)4-2-14-3-9-4/h2-3,5,10H,1H2,(H,8,11)(H,12,13). The molecule has 0 aliphatic rings. The van der Waals surface area contributed by atoms with Gasteiger partial charge in [-0.3, -0.25) is 4.79 Å². The van der Waals surface area contributed by atoms with Crippen molar-refractivity contribution < 1.29 is 19.8 Å². The predicted molar refractivity (Wildman–Crippen MR) is 48.1 cm³/mol. The van der Waals surface area contributed by atoms with Crippen LogP contribution in [0.25, 0.3) is 0 Å². The van der Waals surface area contributed by atoms with Crippen molar-refractivity contribution in [1.29, 1.82) is 0 Å². The number of hydrogen-bond donors (Lipinski definition) is 3. The summed E-state index contributed by atoms with van der Waals surface area (Å²) in [6, 6.07) is 0. The summed E-state index contributed by atoms with van der Waals surface area (Å²) >= 11 is 1.26. The lowest BCUT2D eigenvalue weighted by atomic mass is 10.3. The van der Waals surface area contributed by atoms with Crippen LogP contribution in [0, 0.1) is 0 Å². The van der Waals surface area contributed by atoms with Crippen LogP contribution in [-0.2, 0) is 4.79 Å². The van der Waals surface area contributed by atoms with Gasteiger partial charge in [0.25, 0.3) is 5.91 Å². The van der Waals surface area contributed by atoms with Gasteiger partial charge in [-0.2, -0.15) is 0 Å². The molecular formula is C7H8N2O4S. The average Bonchev–Trinajstić information content (AvgIpc) is 2.66. The SMILES string of the molecule is O=C(NCC(O)C(=O)O)c1cscn1. The second kappa shape index (κ2) is 4.68. The van der Waals surface area contributed by atoms with Gasteiger partial charge >= 0.3 is 5.97 Å². The zero-order chi connectivity index (χ0) is 10.6. The lowest BCUT2D eigenvalue weighted by molar-refractivity contribution is -0.146. The normalized spacial score (nSPS) is 12.1. The van der Waals surface area contributed by atoms with Gasteiger partial charge in [0.05, 0.1) is 12.1 Å². The fourth-order valence-corrected chi connectivity index (χ4v) is 1.22. The lowest BCUT2D eigenvalue weighted by Gasteiger charge is -2.05. The summed E-state index contributed by atoms with van der Waals surface area (Å²) in [5.74, 6) is -1.87. The minimum Gasteiger partial charge on any atom is -0.479 e. The third-order valence-electron chi connectivity index (χ3n) is 1.41. The van der Waals surface area contributed by atoms with E-state index in [0.717, 1.165) is 0 Å². The van der Waals surface area contributed by atoms with Crippen LogP contribution in [-0.4, -0.2) is 39.7 Å². The number of carbonyl (C=O) groups is 2. The molecule has 76 valence electrons. The Kier molecular flexibility index (Phi) is 3.55. The number of aliphatic hydroxyl groups excluding tert-OH is 1. The van der Waals surface area contributed by atoms with Crippen molar-refractivity contribution >= 4 is 23.2 Å². The zero-order valence-electron chi connectivity index (χ0n) is 7.01. The summed E-state index contributed by atoms with van der Waals surface area (Å²) < 4.78 is 0. The van der Waals surface area contributed by atoms with Gasteiger partial charge < -0.3 is 15.5 Å². The van der Waals surface area contributed by atoms with E-state index in [-0.39, 0.29) is 12.2 Å². The van der Waals surface area contributed by atoms with E-state index in [9.17, 15) is 9.59 Å². The highest BCUT2D eigenvalue weighted by molar-refractivity contribution is 7.07. The van der Waals surface area contributed by atoms with Crippen molar-refractivity contribution in [3.8, 4) is 0 Å². The molecule has 0 aliphatic heterocycles. The number of amides is 1. The van der Waals surface area contributed by atoms with E-state index in [1.165, 1.54) is 22.2 Å². The van der Waals surface area contributed by atoms with Gasteiger partial charge in [0.2, 0.25) is 0 Å². The van der Waals surface area contributed by atoms with Gasteiger partial charge in [-0.05, 0) is 0 Å². The molecule has 0 aliphatic carbocycles. The van der Waals surface area contributed by atoms with Crippen molar-refractivity contribution in [2.45, 2.75) is 6.10 Å². The molecule has 0 spiro atoms. The Labute approximate surface area is 83.2 Å². The average molecular weight is 216 g/mol. The topological polar surface area (TPSA) is 99.5 Å². The van der Waals surface area contributed by atoms with Crippen LogP contribution in [0.3, 0.4) is 0 Å². The molecule has 1 aromatic heterocycles. The molecule has 7 heteroatoms. The molecule has 0 radical (unpaired) electrons. The highest BCUT2D eigenvalue weighted by atomic mass is 32.1. The molecule has 1 heterocycles. The van der Waals surface area contributed by atoms with Crippen LogP contribution >= 0.6 is 11.3 Å². The van der Waals surface area contributed by atoms with Crippen molar-refractivity contribution in [2.75, 3.05) is 6.54 Å². The molecule has 0 bridgehead atoms. The maximum Gasteiger partial charge on any atom is 0.334 e. The van der Waals surface area contributed by atoms with E-state index < -0.39 is 18.0 Å². The summed E-state index contributed by atoms with van der Waals surface area (Å²) in [5.41, 5.74) is 1.70. The third-order valence-corrected chi connectivity index (χ3v) is 1.99. The molecule has 14 heavy (non-hydrogen) atoms. The van der Waals surface area contributed by atoms with Crippen LogP contribution in [0.15, 0.2) is 10.9 Å². The van der Waals surface area contributed by atoms with Crippen molar-refractivity contribution in [3.63, 3.8) is 0 Å². The fourth-order valence-electron chi connectivity index (χ4n) is 0.692. The summed E-state index contributed by atoms with van der Waals surface area (Å²) in [6.45, 7) is -0.328. The first-order valence-electron chi connectivity index (χ1n) is 3.68. The van der Waals surface area contributed by atoms with Gasteiger partial charge in [0.1, 0.15) is 5.69 Å². The second-order valence-corrected chi connectivity index (χ2v) is 3.16. The number of aliphatic hydroxyl groups is 1. The molecule has 0 saturated carbocycles. The number of carboxylic acid groups (broad SMARTS) is 1. The largest absolute Gasteiger partial charge is 0.479 e. The summed E-state index contributed by atoms with van der Waals surface area (Å²) in [4.78, 5) is 25.1. The Morgan fingerprint density at radius 2 is 2.36 bits per heavy atom. The first kappa shape index (κ1) is 10.6. The van der Waals surface area contributed by atoms with Gasteiger partial charge in [-0.1, -0.05) is 0 Å². The van der Waals surface area contributed by atoms with Crippen LogP contribution in [0.4, 0.5) is 0 Å². The van der Waals surface area contributed by atoms with E-state index in [2.05, 4.69) is 10.3 Å². The Morgan fingerprint density at radius 3 is 2.86 bits per heavy atom. The Morgan fingerprint density at radius 1 is 1.64 bits per heavy atom. The van der Waals surface area contributed by atoms with Crippen LogP contribution in [0.1, 0.15) is 10.5 Å². The number of thiazole rings is 1. The fraction of sp³-hybridized carbons (Fsp3) is 0.286. The predicted octanol–water partition coefficient (Wildman–Crippen LogP) is -0.682. The molecule has 1 atom stereocenters. The molecule has 0 saturated heterocycles. The minimum absolute atomic E-state index is 0.215. The van der Waals surface area contributed by atoms with Crippen molar-refractivity contribution in [2.24, 2.45) is 0 Å². The minimum atomic E-state index is -1.59. The lowest BCUT2D eigenvalue weighted by Crippen LogP contribution is -2.36. The molecule has 0 aromatic carbocycles. The van der Waals surface area contributed by atoms with Gasteiger partial charge in [-0.15, -0.1) is 11.3 Å². The number of nitrogens with one attached hydrogen (secondary N) is 1. The Bertz CT molecular complexity index is 324. The highest BCUT2D eigenvalue weighted by Gasteiger charge is 2.15. The van der Waals surface area contributed by atoms with E-state index in [1.54, 1.807) is 0 Å². The van der Waals surface area contributed by atoms with E-state index in [0.29, 0.717) is 0 Å². The number of carboxylic acids is 1. The first-order valence-corrected chi connectivity index (χ1v) is 4.63. The van der Waals surface area contributed by atoms with Crippen LogP contribution in [0.5, 0.6) is 0 Å². The maximum absolute atomic E-state index is 11.2. The van der Waals surface area contributed by atoms with E-state index >= 15 is 0 Å². The summed E-state index contributed by atoms with van der Waals surface area (Å²) in [6.07, 6.45) is -1.59. The maximum atomic E-state index is 11.2. The molecule has 1 amide bonds. The van der Waals surface area contributed by atoms with Crippen molar-refractivity contribution in [3.05, 3.63) is 16.6 Å². The van der Waals surface area contributed by atoms with Crippen LogP contribution < -0.4 is 5.32 Å². The smallest absolute Gasteiger partial charge is 0.334 e. The Hall–Kier alpha value is -1.47. The van der Waals surface area contributed by atoms with Crippen LogP contribution in [0.2, 0.25) is 0 Å². The molecule has 1 unspecified atom stereocenters. The van der Waals surface area contributed by atoms with E-state index in [1.807, 2.05) is 0 Å². The number of rotatable bonds is 4. The summed E-state index contributed by atoms with van der Waals surface area (Å²) in [7, 11) is 0. The molecule has 3 N–H and O–H groups in total. The number of aliphatic carboxylic acids is 1. The molecule has 6 nitrogen and oxygen atoms in total. The first-order chi connectivity index (χ1) is 6.61. The Balaban J connectivity index is 2.40. The highest BCUT2D eigenvalue weighted by Crippen LogP contribution is 1.99. The van der Waals surface area contributed by atoms with E-state index in [4.69, 9.17) is 10.2 Å². The number of hydrogen-bond acceptors (Lipinski definition) is 5. The zero-order valence-corrected chi connectivity index (χ0v) is 7.82. The number of nitrogens with zero attached hydrogens (tertiary/aromatic N) is 1. The van der Waals surface area contributed by atoms with Gasteiger partial charge in [0, 0.05) is 5.38 Å². The number of carbonyl (C=O) groups excluding carboxylic acids is 1. The second-order valence-electron chi connectivity index (χ2n) is 2.44. The molecular weight excluding hydrogens is 208 g/mol. The third kappa shape index (κ3) is 2.79. The quantitative estimate of drug-likeness (QED) is 0.619. The molecule has 1 rings (SSSR count). The number of aromatic nitrogens is 1. The van der Waals surface area contributed by atoms with Gasteiger partial charge in [0.15, 0.2) is 6.10 Å². The molecule has 1 aromatic rings. The summed E-state index contributed by atoms with van der Waals surface area (Å²) in [5, 5.41) is 20.9. The monoisotopic (exact) mass is 216 g/mol. The van der Waals surface area contributed by atoms with Gasteiger partial charge in [-0.25, -0.2) is 9.78 Å². The van der Waals surface area contributed by atoms with Crippen molar-refractivity contribution in [1.82, 2.24) is 10.3 Å². The molecule has 0 fully saturated rings.